The van der Waals surface area contributed by atoms with Crippen LogP contribution >= 0.6 is 0 Å². The SMILES string of the molecule is O=C(O)CCNC(=O)c1ncn[nH]1. The zero-order chi connectivity index (χ0) is 9.68. The van der Waals surface area contributed by atoms with Crippen LogP contribution in [0.3, 0.4) is 0 Å². The van der Waals surface area contributed by atoms with Crippen molar-refractivity contribution in [3.05, 3.63) is 12.2 Å². The average molecular weight is 184 g/mol. The average Bonchev–Trinajstić information content (AvgIpc) is 2.55. The highest BCUT2D eigenvalue weighted by Gasteiger charge is 2.07. The number of aromatic nitrogens is 3. The first-order valence-electron chi connectivity index (χ1n) is 3.55. The molecule has 0 spiro atoms. The van der Waals surface area contributed by atoms with Gasteiger partial charge in [0.15, 0.2) is 0 Å². The lowest BCUT2D eigenvalue weighted by molar-refractivity contribution is -0.136. The summed E-state index contributed by atoms with van der Waals surface area (Å²) in [5.74, 6) is -1.35. The van der Waals surface area contributed by atoms with Crippen LogP contribution in [-0.4, -0.2) is 38.7 Å². The Labute approximate surface area is 73.2 Å². The van der Waals surface area contributed by atoms with Gasteiger partial charge in [-0.25, -0.2) is 4.98 Å². The molecule has 0 aromatic carbocycles. The van der Waals surface area contributed by atoms with E-state index in [0.717, 1.165) is 0 Å². The van der Waals surface area contributed by atoms with Gasteiger partial charge in [0.05, 0.1) is 6.42 Å². The molecular formula is C6H8N4O3. The molecule has 7 heteroatoms. The van der Waals surface area contributed by atoms with Crippen LogP contribution in [-0.2, 0) is 4.79 Å². The van der Waals surface area contributed by atoms with Gasteiger partial charge in [0, 0.05) is 6.54 Å². The van der Waals surface area contributed by atoms with Crippen molar-refractivity contribution in [1.82, 2.24) is 20.5 Å². The van der Waals surface area contributed by atoms with Crippen LogP contribution in [0.1, 0.15) is 17.0 Å². The van der Waals surface area contributed by atoms with Crippen LogP contribution in [0.15, 0.2) is 6.33 Å². The molecule has 1 aromatic rings. The fraction of sp³-hybridized carbons (Fsp3) is 0.333. The molecule has 1 rings (SSSR count). The first-order chi connectivity index (χ1) is 6.20. The second-order valence-electron chi connectivity index (χ2n) is 2.23. The van der Waals surface area contributed by atoms with Gasteiger partial charge in [-0.3, -0.25) is 14.7 Å². The first-order valence-corrected chi connectivity index (χ1v) is 3.55. The number of aliphatic carboxylic acids is 1. The van der Waals surface area contributed by atoms with E-state index < -0.39 is 11.9 Å². The van der Waals surface area contributed by atoms with Gasteiger partial charge in [0.1, 0.15) is 6.33 Å². The van der Waals surface area contributed by atoms with E-state index in [1.165, 1.54) is 6.33 Å². The Bertz CT molecular complexity index is 295. The highest BCUT2D eigenvalue weighted by molar-refractivity contribution is 5.90. The second kappa shape index (κ2) is 4.19. The minimum Gasteiger partial charge on any atom is -0.481 e. The van der Waals surface area contributed by atoms with E-state index in [0.29, 0.717) is 0 Å². The summed E-state index contributed by atoms with van der Waals surface area (Å²) in [5.41, 5.74) is 0. The van der Waals surface area contributed by atoms with Crippen LogP contribution in [0.2, 0.25) is 0 Å². The number of carbonyl (C=O) groups excluding carboxylic acids is 1. The lowest BCUT2D eigenvalue weighted by Crippen LogP contribution is -2.26. The Hall–Kier alpha value is -1.92. The number of carboxylic acids is 1. The molecule has 0 atom stereocenters. The Balaban J connectivity index is 2.31. The van der Waals surface area contributed by atoms with Crippen molar-refractivity contribution in [2.75, 3.05) is 6.54 Å². The summed E-state index contributed by atoms with van der Waals surface area (Å²) >= 11 is 0. The minimum atomic E-state index is -0.960. The van der Waals surface area contributed by atoms with Gasteiger partial charge in [-0.2, -0.15) is 5.10 Å². The molecule has 13 heavy (non-hydrogen) atoms. The molecule has 3 N–H and O–H groups in total. The van der Waals surface area contributed by atoms with Gasteiger partial charge in [-0.15, -0.1) is 0 Å². The predicted octanol–water partition coefficient (Wildman–Crippen LogP) is -0.991. The lowest BCUT2D eigenvalue weighted by Gasteiger charge is -1.98. The fourth-order valence-electron chi connectivity index (χ4n) is 0.682. The normalized spacial score (nSPS) is 9.54. The molecular weight excluding hydrogens is 176 g/mol. The number of hydrogen-bond acceptors (Lipinski definition) is 4. The third-order valence-electron chi connectivity index (χ3n) is 1.25. The summed E-state index contributed by atoms with van der Waals surface area (Å²) < 4.78 is 0. The van der Waals surface area contributed by atoms with Crippen molar-refractivity contribution in [2.45, 2.75) is 6.42 Å². The summed E-state index contributed by atoms with van der Waals surface area (Å²) in [7, 11) is 0. The van der Waals surface area contributed by atoms with Gasteiger partial charge in [-0.1, -0.05) is 0 Å². The summed E-state index contributed by atoms with van der Waals surface area (Å²) in [6, 6.07) is 0. The molecule has 1 amide bonds. The minimum absolute atomic E-state index is 0.0744. The molecule has 0 saturated carbocycles. The largest absolute Gasteiger partial charge is 0.481 e. The van der Waals surface area contributed by atoms with Gasteiger partial charge < -0.3 is 10.4 Å². The summed E-state index contributed by atoms with van der Waals surface area (Å²) in [6.45, 7) is 0.0782. The lowest BCUT2D eigenvalue weighted by atomic mass is 10.4. The number of carboxylic acid groups (broad SMARTS) is 1. The molecule has 0 aliphatic heterocycles. The van der Waals surface area contributed by atoms with Gasteiger partial charge in [-0.05, 0) is 0 Å². The van der Waals surface area contributed by atoms with E-state index in [1.807, 2.05) is 0 Å². The molecule has 0 saturated heterocycles. The molecule has 7 nitrogen and oxygen atoms in total. The highest BCUT2D eigenvalue weighted by Crippen LogP contribution is 1.85. The molecule has 0 unspecified atom stereocenters. The van der Waals surface area contributed by atoms with Crippen molar-refractivity contribution in [3.63, 3.8) is 0 Å². The van der Waals surface area contributed by atoms with Crippen molar-refractivity contribution in [3.8, 4) is 0 Å². The van der Waals surface area contributed by atoms with Crippen LogP contribution < -0.4 is 5.32 Å². The number of amides is 1. The van der Waals surface area contributed by atoms with Crippen molar-refractivity contribution >= 4 is 11.9 Å². The summed E-state index contributed by atoms with van der Waals surface area (Å²) in [6.07, 6.45) is 1.09. The third-order valence-corrected chi connectivity index (χ3v) is 1.25. The molecule has 0 bridgehead atoms. The third kappa shape index (κ3) is 2.89. The number of nitrogens with one attached hydrogen (secondary N) is 2. The maximum absolute atomic E-state index is 11.0. The zero-order valence-electron chi connectivity index (χ0n) is 6.65. The van der Waals surface area contributed by atoms with Crippen LogP contribution in [0.4, 0.5) is 0 Å². The van der Waals surface area contributed by atoms with E-state index in [1.54, 1.807) is 0 Å². The van der Waals surface area contributed by atoms with Crippen LogP contribution in [0.5, 0.6) is 0 Å². The van der Waals surface area contributed by atoms with E-state index in [9.17, 15) is 9.59 Å². The van der Waals surface area contributed by atoms with E-state index in [2.05, 4.69) is 20.5 Å². The molecule has 0 aliphatic rings. The first kappa shape index (κ1) is 9.17. The van der Waals surface area contributed by atoms with Crippen molar-refractivity contribution in [2.24, 2.45) is 0 Å². The molecule has 70 valence electrons. The highest BCUT2D eigenvalue weighted by atomic mass is 16.4. The van der Waals surface area contributed by atoms with Gasteiger partial charge in [0.2, 0.25) is 5.82 Å². The number of nitrogens with zero attached hydrogens (tertiary/aromatic N) is 2. The topological polar surface area (TPSA) is 108 Å². The van der Waals surface area contributed by atoms with Crippen LogP contribution in [0, 0.1) is 0 Å². The molecule has 0 radical (unpaired) electrons. The van der Waals surface area contributed by atoms with Crippen LogP contribution in [0.25, 0.3) is 0 Å². The van der Waals surface area contributed by atoms with Gasteiger partial charge >= 0.3 is 5.97 Å². The number of aromatic amines is 1. The number of hydrogen-bond donors (Lipinski definition) is 3. The zero-order valence-corrected chi connectivity index (χ0v) is 6.65. The molecule has 0 fully saturated rings. The summed E-state index contributed by atoms with van der Waals surface area (Å²) in [4.78, 5) is 24.7. The smallest absolute Gasteiger partial charge is 0.305 e. The monoisotopic (exact) mass is 184 g/mol. The molecule has 1 heterocycles. The Kier molecular flexibility index (Phi) is 2.96. The maximum Gasteiger partial charge on any atom is 0.305 e. The number of rotatable bonds is 4. The van der Waals surface area contributed by atoms with Crippen molar-refractivity contribution in [1.29, 1.82) is 0 Å². The second-order valence-corrected chi connectivity index (χ2v) is 2.23. The predicted molar refractivity (Wildman–Crippen MR) is 41.0 cm³/mol. The summed E-state index contributed by atoms with van der Waals surface area (Å²) in [5, 5.41) is 16.5. The van der Waals surface area contributed by atoms with Gasteiger partial charge in [0.25, 0.3) is 5.91 Å². The van der Waals surface area contributed by atoms with E-state index in [4.69, 9.17) is 5.11 Å². The molecule has 0 aliphatic carbocycles. The maximum atomic E-state index is 11.0. The van der Waals surface area contributed by atoms with Crippen molar-refractivity contribution < 1.29 is 14.7 Å². The fourth-order valence-corrected chi connectivity index (χ4v) is 0.682. The quantitative estimate of drug-likeness (QED) is 0.556. The number of carbonyl (C=O) groups is 2. The van der Waals surface area contributed by atoms with E-state index in [-0.39, 0.29) is 18.8 Å². The number of H-pyrrole nitrogens is 1. The van der Waals surface area contributed by atoms with E-state index >= 15 is 0 Å². The Morgan fingerprint density at radius 3 is 2.92 bits per heavy atom. The Morgan fingerprint density at radius 2 is 2.38 bits per heavy atom. The molecule has 1 aromatic heterocycles. The Morgan fingerprint density at radius 1 is 1.62 bits per heavy atom. The standard InChI is InChI=1S/C6H8N4O3/c11-4(12)1-2-7-6(13)5-8-3-9-10-5/h3H,1-2H2,(H,7,13)(H,11,12)(H,8,9,10).